The molecule has 1 saturated heterocycles. The van der Waals surface area contributed by atoms with Crippen molar-refractivity contribution in [2.75, 3.05) is 26.3 Å². The highest BCUT2D eigenvalue weighted by atomic mass is 16.5. The molecule has 0 spiro atoms. The first-order valence-corrected chi connectivity index (χ1v) is 6.36. The lowest BCUT2D eigenvalue weighted by atomic mass is 9.96. The largest absolute Gasteiger partial charge is 0.466 e. The zero-order valence-corrected chi connectivity index (χ0v) is 11.0. The van der Waals surface area contributed by atoms with E-state index in [1.54, 1.807) is 6.92 Å². The van der Waals surface area contributed by atoms with Gasteiger partial charge in [0.25, 0.3) is 0 Å². The molecule has 0 aromatic carbocycles. The van der Waals surface area contributed by atoms with Crippen molar-refractivity contribution in [2.45, 2.75) is 44.5 Å². The number of nitrogens with one attached hydrogen (secondary N) is 1. The number of aliphatic hydroxyl groups is 2. The Balaban J connectivity index is 2.19. The highest BCUT2D eigenvalue weighted by molar-refractivity contribution is 5.69. The van der Waals surface area contributed by atoms with Gasteiger partial charge in [0.1, 0.15) is 5.60 Å². The van der Waals surface area contributed by atoms with E-state index in [-0.39, 0.29) is 19.1 Å². The Bertz CT molecular complexity index is 273. The van der Waals surface area contributed by atoms with Crippen molar-refractivity contribution in [1.29, 1.82) is 0 Å². The molecule has 3 atom stereocenters. The number of hydrogen-bond donors (Lipinski definition) is 3. The smallest absolute Gasteiger partial charge is 0.308 e. The Hall–Kier alpha value is -0.690. The van der Waals surface area contributed by atoms with Gasteiger partial charge in [-0.2, -0.15) is 0 Å². The summed E-state index contributed by atoms with van der Waals surface area (Å²) in [6.07, 6.45) is -0.474. The number of esters is 1. The second-order valence-corrected chi connectivity index (χ2v) is 4.66. The average molecular weight is 261 g/mol. The van der Waals surface area contributed by atoms with Gasteiger partial charge in [-0.15, -0.1) is 0 Å². The first-order valence-electron chi connectivity index (χ1n) is 6.36. The normalized spacial score (nSPS) is 29.2. The molecule has 106 valence electrons. The molecule has 0 saturated carbocycles. The molecule has 18 heavy (non-hydrogen) atoms. The third-order valence-electron chi connectivity index (χ3n) is 3.18. The maximum atomic E-state index is 11.1. The Morgan fingerprint density at radius 1 is 1.67 bits per heavy atom. The van der Waals surface area contributed by atoms with Gasteiger partial charge in [0, 0.05) is 26.1 Å². The minimum absolute atomic E-state index is 0.0364. The molecule has 1 heterocycles. The fraction of sp³-hybridized carbons (Fsp3) is 0.917. The van der Waals surface area contributed by atoms with Crippen LogP contribution >= 0.6 is 0 Å². The number of ether oxygens (including phenoxy) is 2. The van der Waals surface area contributed by atoms with E-state index >= 15 is 0 Å². The summed E-state index contributed by atoms with van der Waals surface area (Å²) in [4.78, 5) is 11.1. The van der Waals surface area contributed by atoms with Crippen LogP contribution in [0.1, 0.15) is 26.7 Å². The van der Waals surface area contributed by atoms with Crippen molar-refractivity contribution < 1.29 is 24.5 Å². The number of hydrogen-bond acceptors (Lipinski definition) is 6. The Morgan fingerprint density at radius 3 is 2.94 bits per heavy atom. The van der Waals surface area contributed by atoms with Crippen LogP contribution < -0.4 is 5.32 Å². The number of carbonyl (C=O) groups is 1. The molecule has 1 fully saturated rings. The molecule has 0 amide bonds. The van der Waals surface area contributed by atoms with E-state index in [1.807, 2.05) is 6.92 Å². The summed E-state index contributed by atoms with van der Waals surface area (Å²) in [6, 6.07) is 0. The standard InChI is InChI=1S/C12H23NO5/c1-3-17-11(15)6-10(14)7-13-8-12(16)4-5-18-9(12)2/h9-10,13-14,16H,3-8H2,1-2H3. The van der Waals surface area contributed by atoms with Crippen LogP contribution in [0.25, 0.3) is 0 Å². The van der Waals surface area contributed by atoms with Gasteiger partial charge >= 0.3 is 5.97 Å². The molecule has 0 aromatic heterocycles. The fourth-order valence-electron chi connectivity index (χ4n) is 1.94. The molecule has 0 bridgehead atoms. The zero-order valence-electron chi connectivity index (χ0n) is 11.0. The van der Waals surface area contributed by atoms with Gasteiger partial charge in [-0.3, -0.25) is 4.79 Å². The Labute approximate surface area is 107 Å². The fourth-order valence-corrected chi connectivity index (χ4v) is 1.94. The summed E-state index contributed by atoms with van der Waals surface area (Å²) < 4.78 is 10.0. The molecule has 1 aliphatic heterocycles. The second kappa shape index (κ2) is 7.04. The van der Waals surface area contributed by atoms with Gasteiger partial charge in [-0.25, -0.2) is 0 Å². The van der Waals surface area contributed by atoms with Crippen molar-refractivity contribution >= 4 is 5.97 Å². The quantitative estimate of drug-likeness (QED) is 0.532. The minimum Gasteiger partial charge on any atom is -0.466 e. The molecule has 6 nitrogen and oxygen atoms in total. The van der Waals surface area contributed by atoms with Crippen molar-refractivity contribution in [3.05, 3.63) is 0 Å². The van der Waals surface area contributed by atoms with Gasteiger partial charge in [0.15, 0.2) is 0 Å². The van der Waals surface area contributed by atoms with E-state index in [0.717, 1.165) is 0 Å². The SMILES string of the molecule is CCOC(=O)CC(O)CNCC1(O)CCOC1C. The summed E-state index contributed by atoms with van der Waals surface area (Å²) in [5, 5.41) is 22.7. The topological polar surface area (TPSA) is 88.0 Å². The van der Waals surface area contributed by atoms with Gasteiger partial charge in [-0.1, -0.05) is 0 Å². The van der Waals surface area contributed by atoms with Crippen LogP contribution in [0, 0.1) is 0 Å². The minimum atomic E-state index is -0.885. The van der Waals surface area contributed by atoms with E-state index in [0.29, 0.717) is 26.2 Å². The van der Waals surface area contributed by atoms with Crippen molar-refractivity contribution in [1.82, 2.24) is 5.32 Å². The maximum Gasteiger partial charge on any atom is 0.308 e. The van der Waals surface area contributed by atoms with E-state index in [9.17, 15) is 15.0 Å². The molecule has 0 aromatic rings. The van der Waals surface area contributed by atoms with Crippen LogP contribution in [0.3, 0.4) is 0 Å². The van der Waals surface area contributed by atoms with Crippen LogP contribution in [0.5, 0.6) is 0 Å². The van der Waals surface area contributed by atoms with E-state index in [4.69, 9.17) is 9.47 Å². The monoisotopic (exact) mass is 261 g/mol. The summed E-state index contributed by atoms with van der Waals surface area (Å²) in [7, 11) is 0. The molecule has 1 aliphatic rings. The molecular formula is C12H23NO5. The van der Waals surface area contributed by atoms with Crippen molar-refractivity contribution in [3.8, 4) is 0 Å². The third kappa shape index (κ3) is 4.53. The van der Waals surface area contributed by atoms with Crippen LogP contribution in [-0.4, -0.2) is 60.3 Å². The first kappa shape index (κ1) is 15.4. The van der Waals surface area contributed by atoms with Gasteiger partial charge in [0.05, 0.1) is 25.2 Å². The van der Waals surface area contributed by atoms with E-state index in [1.165, 1.54) is 0 Å². The average Bonchev–Trinajstić information content (AvgIpc) is 2.59. The Kier molecular flexibility index (Phi) is 6.01. The van der Waals surface area contributed by atoms with Crippen LogP contribution in [-0.2, 0) is 14.3 Å². The van der Waals surface area contributed by atoms with Crippen molar-refractivity contribution in [3.63, 3.8) is 0 Å². The van der Waals surface area contributed by atoms with Crippen molar-refractivity contribution in [2.24, 2.45) is 0 Å². The molecular weight excluding hydrogens is 238 g/mol. The molecule has 0 radical (unpaired) electrons. The van der Waals surface area contributed by atoms with Gasteiger partial charge in [-0.05, 0) is 13.8 Å². The predicted octanol–water partition coefficient (Wildman–Crippen LogP) is -0.570. The second-order valence-electron chi connectivity index (χ2n) is 4.66. The first-order chi connectivity index (χ1) is 8.48. The van der Waals surface area contributed by atoms with Gasteiger partial charge in [0.2, 0.25) is 0 Å². The summed E-state index contributed by atoms with van der Waals surface area (Å²) in [6.45, 7) is 4.99. The van der Waals surface area contributed by atoms with E-state index in [2.05, 4.69) is 5.32 Å². The lowest BCUT2D eigenvalue weighted by molar-refractivity contribution is -0.145. The van der Waals surface area contributed by atoms with Crippen LogP contribution in [0.15, 0.2) is 0 Å². The summed E-state index contributed by atoms with van der Waals surface area (Å²) in [5.41, 5.74) is -0.885. The number of rotatable bonds is 7. The number of carbonyl (C=O) groups excluding carboxylic acids is 1. The molecule has 3 unspecified atom stereocenters. The molecule has 6 heteroatoms. The maximum absolute atomic E-state index is 11.1. The summed E-state index contributed by atoms with van der Waals surface area (Å²) >= 11 is 0. The lowest BCUT2D eigenvalue weighted by Gasteiger charge is -2.26. The predicted molar refractivity (Wildman–Crippen MR) is 65.1 cm³/mol. The zero-order chi connectivity index (χ0) is 13.6. The summed E-state index contributed by atoms with van der Waals surface area (Å²) in [5.74, 6) is -0.414. The molecule has 3 N–H and O–H groups in total. The highest BCUT2D eigenvalue weighted by Gasteiger charge is 2.39. The highest BCUT2D eigenvalue weighted by Crippen LogP contribution is 2.24. The lowest BCUT2D eigenvalue weighted by Crippen LogP contribution is -2.47. The Morgan fingerprint density at radius 2 is 2.39 bits per heavy atom. The molecule has 1 rings (SSSR count). The number of aliphatic hydroxyl groups excluding tert-OH is 1. The van der Waals surface area contributed by atoms with E-state index < -0.39 is 17.7 Å². The van der Waals surface area contributed by atoms with Crippen LogP contribution in [0.4, 0.5) is 0 Å². The molecule has 0 aliphatic carbocycles. The third-order valence-corrected chi connectivity index (χ3v) is 3.18. The van der Waals surface area contributed by atoms with Gasteiger partial charge < -0.3 is 25.0 Å². The van der Waals surface area contributed by atoms with Crippen LogP contribution in [0.2, 0.25) is 0 Å².